The predicted octanol–water partition coefficient (Wildman–Crippen LogP) is 3.49. The van der Waals surface area contributed by atoms with Crippen molar-refractivity contribution in [3.05, 3.63) is 30.2 Å². The number of unbranched alkanes of at least 4 members (excludes halogenated alkanes) is 1. The van der Waals surface area contributed by atoms with Crippen LogP contribution in [0.4, 0.5) is 0 Å². The van der Waals surface area contributed by atoms with Gasteiger partial charge in [-0.1, -0.05) is 34.1 Å². The third-order valence-corrected chi connectivity index (χ3v) is 7.20. The van der Waals surface area contributed by atoms with Gasteiger partial charge in [0.15, 0.2) is 5.65 Å². The lowest BCUT2D eigenvalue weighted by molar-refractivity contribution is -0.121. The van der Waals surface area contributed by atoms with Gasteiger partial charge in [-0.15, -0.1) is 10.2 Å². The molecule has 0 unspecified atom stereocenters. The maximum atomic E-state index is 11.9. The van der Waals surface area contributed by atoms with Crippen LogP contribution in [0.5, 0.6) is 0 Å². The molecule has 0 aliphatic carbocycles. The van der Waals surface area contributed by atoms with Crippen molar-refractivity contribution in [2.24, 2.45) is 0 Å². The molecule has 1 amide bonds. The lowest BCUT2D eigenvalue weighted by atomic mass is 10.1. The Balaban J connectivity index is 1.26. The summed E-state index contributed by atoms with van der Waals surface area (Å²) in [5.74, 6) is 2.42. The Kier molecular flexibility index (Phi) is 6.84. The summed E-state index contributed by atoms with van der Waals surface area (Å²) < 4.78 is 2.00. The van der Waals surface area contributed by atoms with E-state index in [0.717, 1.165) is 42.4 Å². The van der Waals surface area contributed by atoms with E-state index in [1.807, 2.05) is 50.4 Å². The minimum atomic E-state index is 0.176. The highest BCUT2D eigenvalue weighted by molar-refractivity contribution is 8.77. The van der Waals surface area contributed by atoms with E-state index in [2.05, 4.69) is 15.5 Å². The van der Waals surface area contributed by atoms with Gasteiger partial charge < -0.3 is 5.32 Å². The standard InChI is InChI=1S/C17H24N4OS2/c22-17(9-2-1-6-14-10-13-23-24-14)18-11-5-8-16-20-19-15-7-3-4-12-21(15)16/h3-4,7,12,14H,1-2,5-6,8-11,13H2,(H,18,22)/t14-/m0/s1. The molecule has 130 valence electrons. The van der Waals surface area contributed by atoms with Crippen molar-refractivity contribution in [2.45, 2.75) is 50.2 Å². The maximum Gasteiger partial charge on any atom is 0.219 e. The summed E-state index contributed by atoms with van der Waals surface area (Å²) in [6.07, 6.45) is 9.09. The topological polar surface area (TPSA) is 59.3 Å². The van der Waals surface area contributed by atoms with Gasteiger partial charge in [0.1, 0.15) is 5.82 Å². The fourth-order valence-electron chi connectivity index (χ4n) is 2.85. The Morgan fingerprint density at radius 1 is 1.29 bits per heavy atom. The number of aryl methyl sites for hydroxylation is 1. The van der Waals surface area contributed by atoms with Crippen LogP contribution in [0.25, 0.3) is 5.65 Å². The Labute approximate surface area is 150 Å². The zero-order valence-corrected chi connectivity index (χ0v) is 15.5. The number of carbonyl (C=O) groups is 1. The highest BCUT2D eigenvalue weighted by Crippen LogP contribution is 2.39. The van der Waals surface area contributed by atoms with E-state index in [1.165, 1.54) is 18.6 Å². The molecule has 2 aromatic rings. The number of amides is 1. The minimum absolute atomic E-state index is 0.176. The molecule has 0 radical (unpaired) electrons. The van der Waals surface area contributed by atoms with E-state index in [-0.39, 0.29) is 5.91 Å². The highest BCUT2D eigenvalue weighted by atomic mass is 33.1. The van der Waals surface area contributed by atoms with Crippen LogP contribution in [0.2, 0.25) is 0 Å². The Morgan fingerprint density at radius 3 is 3.12 bits per heavy atom. The van der Waals surface area contributed by atoms with Crippen LogP contribution in [0.15, 0.2) is 24.4 Å². The molecule has 2 aromatic heterocycles. The molecule has 3 heterocycles. The summed E-state index contributed by atoms with van der Waals surface area (Å²) in [6.45, 7) is 0.704. The SMILES string of the molecule is O=C(CCCC[C@H]1CCSS1)NCCCc1nnc2ccccn12. The van der Waals surface area contributed by atoms with Crippen molar-refractivity contribution in [2.75, 3.05) is 12.3 Å². The van der Waals surface area contributed by atoms with Gasteiger partial charge in [0, 0.05) is 36.6 Å². The lowest BCUT2D eigenvalue weighted by Gasteiger charge is -2.07. The number of rotatable bonds is 9. The molecule has 1 N–H and O–H groups in total. The maximum absolute atomic E-state index is 11.9. The van der Waals surface area contributed by atoms with Gasteiger partial charge in [0.2, 0.25) is 5.91 Å². The van der Waals surface area contributed by atoms with E-state index in [1.54, 1.807) is 0 Å². The fourth-order valence-corrected chi connectivity index (χ4v) is 5.87. The van der Waals surface area contributed by atoms with E-state index in [9.17, 15) is 4.79 Å². The van der Waals surface area contributed by atoms with E-state index in [0.29, 0.717) is 13.0 Å². The average Bonchev–Trinajstić information content (AvgIpc) is 3.25. The molecule has 1 atom stereocenters. The molecule has 1 aliphatic rings. The molecule has 0 spiro atoms. The lowest BCUT2D eigenvalue weighted by Crippen LogP contribution is -2.24. The molecule has 1 fully saturated rings. The third-order valence-electron chi connectivity index (χ3n) is 4.19. The predicted molar refractivity (Wildman–Crippen MR) is 101 cm³/mol. The van der Waals surface area contributed by atoms with Crippen LogP contribution >= 0.6 is 21.6 Å². The second-order valence-electron chi connectivity index (χ2n) is 6.07. The van der Waals surface area contributed by atoms with Crippen LogP contribution in [-0.2, 0) is 11.2 Å². The molecule has 7 heteroatoms. The highest BCUT2D eigenvalue weighted by Gasteiger charge is 2.15. The van der Waals surface area contributed by atoms with Crippen LogP contribution in [0, 0.1) is 0 Å². The summed E-state index contributed by atoms with van der Waals surface area (Å²) in [6, 6.07) is 5.88. The second kappa shape index (κ2) is 9.32. The summed E-state index contributed by atoms with van der Waals surface area (Å²) in [5.41, 5.74) is 0.871. The van der Waals surface area contributed by atoms with Crippen molar-refractivity contribution in [1.29, 1.82) is 0 Å². The number of aromatic nitrogens is 3. The molecule has 0 aromatic carbocycles. The van der Waals surface area contributed by atoms with Crippen LogP contribution in [0.1, 0.15) is 44.3 Å². The Hall–Kier alpha value is -1.21. The molecule has 0 bridgehead atoms. The van der Waals surface area contributed by atoms with Crippen molar-refractivity contribution >= 4 is 33.1 Å². The fraction of sp³-hybridized carbons (Fsp3) is 0.588. The van der Waals surface area contributed by atoms with Gasteiger partial charge in [-0.05, 0) is 37.8 Å². The van der Waals surface area contributed by atoms with Crippen LogP contribution < -0.4 is 5.32 Å². The molecule has 3 rings (SSSR count). The van der Waals surface area contributed by atoms with Gasteiger partial charge in [-0.3, -0.25) is 9.20 Å². The summed E-state index contributed by atoms with van der Waals surface area (Å²) in [4.78, 5) is 11.9. The third kappa shape index (κ3) is 5.14. The molecule has 1 aliphatic heterocycles. The van der Waals surface area contributed by atoms with Crippen molar-refractivity contribution in [3.8, 4) is 0 Å². The second-order valence-corrected chi connectivity index (χ2v) is 8.86. The summed E-state index contributed by atoms with van der Waals surface area (Å²) >= 11 is 0. The summed E-state index contributed by atoms with van der Waals surface area (Å²) in [5, 5.41) is 12.2. The molecule has 24 heavy (non-hydrogen) atoms. The molecule has 0 saturated carbocycles. The first-order valence-electron chi connectivity index (χ1n) is 8.66. The average molecular weight is 365 g/mol. The van der Waals surface area contributed by atoms with Crippen molar-refractivity contribution in [1.82, 2.24) is 19.9 Å². The first-order chi connectivity index (χ1) is 11.8. The quantitative estimate of drug-likeness (QED) is 0.545. The van der Waals surface area contributed by atoms with E-state index in [4.69, 9.17) is 0 Å². The van der Waals surface area contributed by atoms with Gasteiger partial charge in [-0.25, -0.2) is 0 Å². The number of hydrogen-bond donors (Lipinski definition) is 1. The molecular weight excluding hydrogens is 340 g/mol. The largest absolute Gasteiger partial charge is 0.356 e. The Bertz CT molecular complexity index is 655. The van der Waals surface area contributed by atoms with Crippen LogP contribution in [-0.4, -0.2) is 38.1 Å². The van der Waals surface area contributed by atoms with Gasteiger partial charge >= 0.3 is 0 Å². The van der Waals surface area contributed by atoms with Gasteiger partial charge in [0.05, 0.1) is 0 Å². The summed E-state index contributed by atoms with van der Waals surface area (Å²) in [7, 11) is 4.01. The van der Waals surface area contributed by atoms with E-state index >= 15 is 0 Å². The first kappa shape index (κ1) is 17.6. The number of pyridine rings is 1. The van der Waals surface area contributed by atoms with Crippen molar-refractivity contribution < 1.29 is 4.79 Å². The number of carbonyl (C=O) groups excluding carboxylic acids is 1. The Morgan fingerprint density at radius 2 is 2.25 bits per heavy atom. The zero-order chi connectivity index (χ0) is 16.6. The smallest absolute Gasteiger partial charge is 0.219 e. The number of fused-ring (bicyclic) bond motifs is 1. The minimum Gasteiger partial charge on any atom is -0.356 e. The molecule has 1 saturated heterocycles. The number of nitrogens with zero attached hydrogens (tertiary/aromatic N) is 3. The molecular formula is C17H24N4OS2. The first-order valence-corrected chi connectivity index (χ1v) is 11.0. The van der Waals surface area contributed by atoms with E-state index < -0.39 is 0 Å². The number of nitrogens with one attached hydrogen (secondary N) is 1. The normalized spacial score (nSPS) is 17.4. The van der Waals surface area contributed by atoms with Crippen LogP contribution in [0.3, 0.4) is 0 Å². The monoisotopic (exact) mass is 364 g/mol. The van der Waals surface area contributed by atoms with Gasteiger partial charge in [-0.2, -0.15) is 0 Å². The molecule has 5 nitrogen and oxygen atoms in total. The number of hydrogen-bond acceptors (Lipinski definition) is 5. The van der Waals surface area contributed by atoms with Gasteiger partial charge in [0.25, 0.3) is 0 Å². The van der Waals surface area contributed by atoms with Crippen molar-refractivity contribution in [3.63, 3.8) is 0 Å². The zero-order valence-electron chi connectivity index (χ0n) is 13.8.